The molecular formula is C9H11ClF3NO4S. The smallest absolute Gasteiger partial charge is 0.493 e. The van der Waals surface area contributed by atoms with E-state index < -0.39 is 21.4 Å². The van der Waals surface area contributed by atoms with Crippen molar-refractivity contribution >= 4 is 22.5 Å². The van der Waals surface area contributed by atoms with E-state index in [1.54, 1.807) is 0 Å². The van der Waals surface area contributed by atoms with Gasteiger partial charge in [-0.15, -0.1) is 12.4 Å². The fourth-order valence-electron chi connectivity index (χ4n) is 1.07. The Morgan fingerprint density at radius 2 is 1.84 bits per heavy atom. The second kappa shape index (κ2) is 6.31. The average Bonchev–Trinajstić information content (AvgIpc) is 2.27. The molecule has 0 fully saturated rings. The summed E-state index contributed by atoms with van der Waals surface area (Å²) in [7, 11) is -4.54. The summed E-state index contributed by atoms with van der Waals surface area (Å²) >= 11 is 0. The van der Waals surface area contributed by atoms with Gasteiger partial charge in [-0.3, -0.25) is 0 Å². The Kier molecular flexibility index (Phi) is 5.91. The van der Waals surface area contributed by atoms with Crippen molar-refractivity contribution in [3.8, 4) is 11.5 Å². The SMILES string of the molecule is COc1cc(CN)ccc1OS(=O)(=O)C(F)(F)F.Cl. The number of alkyl halides is 3. The van der Waals surface area contributed by atoms with Crippen LogP contribution in [0.15, 0.2) is 18.2 Å². The van der Waals surface area contributed by atoms with Gasteiger partial charge in [0.25, 0.3) is 0 Å². The van der Waals surface area contributed by atoms with Crippen molar-refractivity contribution < 1.29 is 30.5 Å². The standard InChI is InChI=1S/C9H10F3NO4S.ClH/c1-16-8-4-6(5-13)2-3-7(8)17-18(14,15)9(10,11)12;/h2-4H,5,13H2,1H3;1H. The maximum Gasteiger partial charge on any atom is 0.534 e. The molecule has 19 heavy (non-hydrogen) atoms. The van der Waals surface area contributed by atoms with Crippen LogP contribution in [-0.4, -0.2) is 21.0 Å². The van der Waals surface area contributed by atoms with E-state index in [9.17, 15) is 21.6 Å². The van der Waals surface area contributed by atoms with Crippen LogP contribution in [0.4, 0.5) is 13.2 Å². The van der Waals surface area contributed by atoms with Gasteiger partial charge < -0.3 is 14.7 Å². The maximum atomic E-state index is 12.1. The first kappa shape index (κ1) is 17.8. The predicted octanol–water partition coefficient (Wildman–Crippen LogP) is 1.80. The van der Waals surface area contributed by atoms with E-state index >= 15 is 0 Å². The third-order valence-electron chi connectivity index (χ3n) is 1.95. The fourth-order valence-corrected chi connectivity index (χ4v) is 1.54. The summed E-state index contributed by atoms with van der Waals surface area (Å²) in [5.74, 6) is -0.696. The van der Waals surface area contributed by atoms with E-state index in [0.717, 1.165) is 6.07 Å². The van der Waals surface area contributed by atoms with Gasteiger partial charge in [0.05, 0.1) is 7.11 Å². The fraction of sp³-hybridized carbons (Fsp3) is 0.333. The van der Waals surface area contributed by atoms with Crippen LogP contribution in [0, 0.1) is 0 Å². The second-order valence-corrected chi connectivity index (χ2v) is 4.71. The van der Waals surface area contributed by atoms with Crippen LogP contribution in [0.5, 0.6) is 11.5 Å². The van der Waals surface area contributed by atoms with Gasteiger partial charge in [0.2, 0.25) is 0 Å². The first-order valence-electron chi connectivity index (χ1n) is 4.59. The largest absolute Gasteiger partial charge is 0.534 e. The Labute approximate surface area is 114 Å². The molecule has 0 aliphatic rings. The Hall–Kier alpha value is -1.19. The molecule has 0 atom stereocenters. The second-order valence-electron chi connectivity index (χ2n) is 3.17. The van der Waals surface area contributed by atoms with E-state index in [4.69, 9.17) is 10.5 Å². The lowest BCUT2D eigenvalue weighted by molar-refractivity contribution is -0.0500. The summed E-state index contributed by atoms with van der Waals surface area (Å²) < 4.78 is 66.7. The summed E-state index contributed by atoms with van der Waals surface area (Å²) in [6.45, 7) is 0.128. The molecule has 0 saturated carbocycles. The molecule has 110 valence electrons. The molecule has 1 aromatic carbocycles. The van der Waals surface area contributed by atoms with E-state index in [1.807, 2.05) is 0 Å². The lowest BCUT2D eigenvalue weighted by Gasteiger charge is -2.12. The van der Waals surface area contributed by atoms with Gasteiger partial charge >= 0.3 is 15.6 Å². The molecule has 2 N–H and O–H groups in total. The van der Waals surface area contributed by atoms with Gasteiger partial charge in [0.1, 0.15) is 0 Å². The molecule has 0 aliphatic heterocycles. The van der Waals surface area contributed by atoms with Crippen molar-refractivity contribution in [2.75, 3.05) is 7.11 Å². The van der Waals surface area contributed by atoms with E-state index in [2.05, 4.69) is 4.18 Å². The molecule has 1 aromatic rings. The topological polar surface area (TPSA) is 78.6 Å². The highest BCUT2D eigenvalue weighted by atomic mass is 35.5. The predicted molar refractivity (Wildman–Crippen MR) is 63.7 cm³/mol. The minimum Gasteiger partial charge on any atom is -0.493 e. The van der Waals surface area contributed by atoms with Crippen LogP contribution in [-0.2, 0) is 16.7 Å². The summed E-state index contributed by atoms with van der Waals surface area (Å²) in [5.41, 5.74) is 0.389. The molecule has 0 amide bonds. The van der Waals surface area contributed by atoms with Gasteiger partial charge in [0.15, 0.2) is 11.5 Å². The summed E-state index contributed by atoms with van der Waals surface area (Å²) in [6, 6.07) is 3.68. The normalized spacial score (nSPS) is 11.6. The van der Waals surface area contributed by atoms with Gasteiger partial charge in [0, 0.05) is 6.54 Å². The molecule has 0 bridgehead atoms. The molecule has 0 radical (unpaired) electrons. The highest BCUT2D eigenvalue weighted by Gasteiger charge is 2.48. The number of nitrogens with two attached hydrogens (primary N) is 1. The molecule has 0 spiro atoms. The minimum atomic E-state index is -5.71. The first-order chi connectivity index (χ1) is 8.21. The van der Waals surface area contributed by atoms with Crippen LogP contribution < -0.4 is 14.7 Å². The number of hydrogen-bond acceptors (Lipinski definition) is 5. The first-order valence-corrected chi connectivity index (χ1v) is 6.00. The van der Waals surface area contributed by atoms with Crippen LogP contribution >= 0.6 is 12.4 Å². The number of benzene rings is 1. The van der Waals surface area contributed by atoms with Crippen molar-refractivity contribution in [3.63, 3.8) is 0 Å². The summed E-state index contributed by atoms with van der Waals surface area (Å²) in [4.78, 5) is 0. The third-order valence-corrected chi connectivity index (χ3v) is 2.91. The molecule has 10 heteroatoms. The number of ether oxygens (including phenoxy) is 1. The van der Waals surface area contributed by atoms with Crippen molar-refractivity contribution in [1.82, 2.24) is 0 Å². The number of methoxy groups -OCH3 is 1. The van der Waals surface area contributed by atoms with Gasteiger partial charge in [-0.1, -0.05) is 6.07 Å². The van der Waals surface area contributed by atoms with Crippen molar-refractivity contribution in [1.29, 1.82) is 0 Å². The zero-order valence-electron chi connectivity index (χ0n) is 9.60. The van der Waals surface area contributed by atoms with Crippen LogP contribution in [0.3, 0.4) is 0 Å². The Bertz CT molecular complexity index is 533. The monoisotopic (exact) mass is 321 g/mol. The molecule has 0 saturated heterocycles. The molecule has 0 aliphatic carbocycles. The van der Waals surface area contributed by atoms with Crippen LogP contribution in [0.2, 0.25) is 0 Å². The van der Waals surface area contributed by atoms with Gasteiger partial charge in [-0.05, 0) is 17.7 Å². The lowest BCUT2D eigenvalue weighted by Crippen LogP contribution is -2.28. The van der Waals surface area contributed by atoms with Crippen molar-refractivity contribution in [2.45, 2.75) is 12.1 Å². The number of halogens is 4. The van der Waals surface area contributed by atoms with Crippen LogP contribution in [0.25, 0.3) is 0 Å². The quantitative estimate of drug-likeness (QED) is 0.676. The maximum absolute atomic E-state index is 12.1. The van der Waals surface area contributed by atoms with Crippen molar-refractivity contribution in [2.24, 2.45) is 5.73 Å². The Balaban J connectivity index is 0.00000324. The molecule has 0 unspecified atom stereocenters. The zero-order chi connectivity index (χ0) is 14.0. The molecule has 0 heterocycles. The molecular weight excluding hydrogens is 311 g/mol. The van der Waals surface area contributed by atoms with Crippen molar-refractivity contribution in [3.05, 3.63) is 23.8 Å². The Morgan fingerprint density at radius 1 is 1.26 bits per heavy atom. The highest BCUT2D eigenvalue weighted by molar-refractivity contribution is 7.88. The molecule has 1 rings (SSSR count). The number of hydrogen-bond donors (Lipinski definition) is 1. The summed E-state index contributed by atoms with van der Waals surface area (Å²) in [6.07, 6.45) is 0. The van der Waals surface area contributed by atoms with E-state index in [0.29, 0.717) is 5.56 Å². The third kappa shape index (κ3) is 4.15. The lowest BCUT2D eigenvalue weighted by atomic mass is 10.2. The minimum absolute atomic E-state index is 0. The van der Waals surface area contributed by atoms with Crippen LogP contribution in [0.1, 0.15) is 5.56 Å². The van der Waals surface area contributed by atoms with E-state index in [-0.39, 0.29) is 24.7 Å². The van der Waals surface area contributed by atoms with E-state index in [1.165, 1.54) is 19.2 Å². The van der Waals surface area contributed by atoms with Gasteiger partial charge in [-0.25, -0.2) is 0 Å². The zero-order valence-corrected chi connectivity index (χ0v) is 11.2. The number of rotatable bonds is 4. The molecule has 5 nitrogen and oxygen atoms in total. The van der Waals surface area contributed by atoms with Gasteiger partial charge in [-0.2, -0.15) is 21.6 Å². The average molecular weight is 322 g/mol. The highest BCUT2D eigenvalue weighted by Crippen LogP contribution is 2.33. The Morgan fingerprint density at radius 3 is 2.26 bits per heavy atom. The molecule has 0 aromatic heterocycles. The summed E-state index contributed by atoms with van der Waals surface area (Å²) in [5, 5.41) is 0.